The maximum Gasteiger partial charge on any atom is 0.224 e. The van der Waals surface area contributed by atoms with Gasteiger partial charge in [-0.25, -0.2) is 0 Å². The largest absolute Gasteiger partial charge is 0.397 e. The van der Waals surface area contributed by atoms with E-state index in [9.17, 15) is 4.79 Å². The maximum atomic E-state index is 11.3. The molecule has 0 saturated heterocycles. The molecule has 0 spiro atoms. The fourth-order valence-corrected chi connectivity index (χ4v) is 1.06. The Morgan fingerprint density at radius 2 is 2.21 bits per heavy atom. The van der Waals surface area contributed by atoms with Gasteiger partial charge < -0.3 is 11.1 Å². The number of allylic oxidation sites excluding steroid dienone is 1. The fraction of sp³-hybridized carbons (Fsp3) is 0.182. The van der Waals surface area contributed by atoms with Gasteiger partial charge in [0.05, 0.1) is 11.4 Å². The molecule has 74 valence electrons. The van der Waals surface area contributed by atoms with Gasteiger partial charge in [-0.15, -0.1) is 6.58 Å². The summed E-state index contributed by atoms with van der Waals surface area (Å²) in [6.07, 6.45) is 2.84. The van der Waals surface area contributed by atoms with E-state index in [4.69, 9.17) is 5.73 Å². The SMILES string of the molecule is C=CCCC(=O)Nc1ccccc1N. The smallest absolute Gasteiger partial charge is 0.224 e. The number of hydrogen-bond donors (Lipinski definition) is 2. The first kappa shape index (κ1) is 10.3. The molecule has 0 aromatic heterocycles. The van der Waals surface area contributed by atoms with Crippen LogP contribution < -0.4 is 11.1 Å². The van der Waals surface area contributed by atoms with Crippen molar-refractivity contribution in [2.45, 2.75) is 12.8 Å². The standard InChI is InChI=1S/C11H14N2O/c1-2-3-8-11(14)13-10-7-5-4-6-9(10)12/h2,4-7H,1,3,8,12H2,(H,13,14). The average Bonchev–Trinajstić information content (AvgIpc) is 2.18. The molecule has 0 radical (unpaired) electrons. The third-order valence-electron chi connectivity index (χ3n) is 1.81. The molecule has 0 fully saturated rings. The van der Waals surface area contributed by atoms with Crippen molar-refractivity contribution in [2.75, 3.05) is 11.1 Å². The fourth-order valence-electron chi connectivity index (χ4n) is 1.06. The molecule has 3 heteroatoms. The highest BCUT2D eigenvalue weighted by Crippen LogP contribution is 2.16. The number of carbonyl (C=O) groups is 1. The summed E-state index contributed by atoms with van der Waals surface area (Å²) in [5.74, 6) is -0.0391. The molecule has 1 amide bonds. The van der Waals surface area contributed by atoms with Crippen molar-refractivity contribution in [1.82, 2.24) is 0 Å². The topological polar surface area (TPSA) is 55.1 Å². The summed E-state index contributed by atoms with van der Waals surface area (Å²) in [6.45, 7) is 3.55. The van der Waals surface area contributed by atoms with Gasteiger partial charge in [0, 0.05) is 6.42 Å². The number of anilines is 2. The number of hydrogen-bond acceptors (Lipinski definition) is 2. The Kier molecular flexibility index (Phi) is 3.73. The van der Waals surface area contributed by atoms with Gasteiger partial charge in [0.2, 0.25) is 5.91 Å². The lowest BCUT2D eigenvalue weighted by Gasteiger charge is -2.06. The van der Waals surface area contributed by atoms with Crippen LogP contribution in [0.15, 0.2) is 36.9 Å². The van der Waals surface area contributed by atoms with Crippen molar-refractivity contribution >= 4 is 17.3 Å². The zero-order valence-electron chi connectivity index (χ0n) is 7.99. The minimum atomic E-state index is -0.0391. The number of rotatable bonds is 4. The molecule has 0 aliphatic heterocycles. The Balaban J connectivity index is 2.56. The van der Waals surface area contributed by atoms with E-state index in [1.807, 2.05) is 12.1 Å². The molecule has 0 bridgehead atoms. The Labute approximate surface area is 83.6 Å². The van der Waals surface area contributed by atoms with Crippen LogP contribution in [-0.4, -0.2) is 5.91 Å². The van der Waals surface area contributed by atoms with Crippen molar-refractivity contribution < 1.29 is 4.79 Å². The Bertz CT molecular complexity index is 334. The van der Waals surface area contributed by atoms with E-state index in [2.05, 4.69) is 11.9 Å². The summed E-state index contributed by atoms with van der Waals surface area (Å²) in [5, 5.41) is 2.73. The normalized spacial score (nSPS) is 9.43. The van der Waals surface area contributed by atoms with E-state index >= 15 is 0 Å². The third-order valence-corrected chi connectivity index (χ3v) is 1.81. The Morgan fingerprint density at radius 3 is 2.86 bits per heavy atom. The van der Waals surface area contributed by atoms with E-state index < -0.39 is 0 Å². The van der Waals surface area contributed by atoms with Gasteiger partial charge in [0.15, 0.2) is 0 Å². The van der Waals surface area contributed by atoms with E-state index in [0.29, 0.717) is 24.2 Å². The molecule has 0 atom stereocenters. The van der Waals surface area contributed by atoms with Gasteiger partial charge in [-0.05, 0) is 18.6 Å². The van der Waals surface area contributed by atoms with Crippen LogP contribution in [0.3, 0.4) is 0 Å². The first-order valence-electron chi connectivity index (χ1n) is 4.49. The van der Waals surface area contributed by atoms with Crippen molar-refractivity contribution in [3.8, 4) is 0 Å². The van der Waals surface area contributed by atoms with Gasteiger partial charge in [-0.2, -0.15) is 0 Å². The molecule has 0 saturated carbocycles. The van der Waals surface area contributed by atoms with Crippen molar-refractivity contribution in [3.63, 3.8) is 0 Å². The number of carbonyl (C=O) groups excluding carboxylic acids is 1. The lowest BCUT2D eigenvalue weighted by atomic mass is 10.2. The molecule has 14 heavy (non-hydrogen) atoms. The molecule has 0 unspecified atom stereocenters. The monoisotopic (exact) mass is 190 g/mol. The molecule has 0 aliphatic rings. The van der Waals surface area contributed by atoms with Crippen molar-refractivity contribution in [1.29, 1.82) is 0 Å². The van der Waals surface area contributed by atoms with Crippen LogP contribution in [0.4, 0.5) is 11.4 Å². The number of nitrogens with two attached hydrogens (primary N) is 1. The molecular formula is C11H14N2O. The summed E-state index contributed by atoms with van der Waals surface area (Å²) >= 11 is 0. The lowest BCUT2D eigenvalue weighted by Crippen LogP contribution is -2.11. The van der Waals surface area contributed by atoms with Gasteiger partial charge in [0.1, 0.15) is 0 Å². The van der Waals surface area contributed by atoms with Gasteiger partial charge in [0.25, 0.3) is 0 Å². The van der Waals surface area contributed by atoms with Gasteiger partial charge in [-0.1, -0.05) is 18.2 Å². The van der Waals surface area contributed by atoms with Crippen LogP contribution >= 0.6 is 0 Å². The summed E-state index contributed by atoms with van der Waals surface area (Å²) < 4.78 is 0. The minimum Gasteiger partial charge on any atom is -0.397 e. The van der Waals surface area contributed by atoms with Gasteiger partial charge >= 0.3 is 0 Å². The van der Waals surface area contributed by atoms with E-state index in [0.717, 1.165) is 0 Å². The van der Waals surface area contributed by atoms with Crippen LogP contribution in [-0.2, 0) is 4.79 Å². The second kappa shape index (κ2) is 5.07. The second-order valence-corrected chi connectivity index (χ2v) is 2.96. The van der Waals surface area contributed by atoms with Crippen LogP contribution in [0.5, 0.6) is 0 Å². The zero-order chi connectivity index (χ0) is 10.4. The van der Waals surface area contributed by atoms with Crippen LogP contribution in [0, 0.1) is 0 Å². The number of benzene rings is 1. The van der Waals surface area contributed by atoms with E-state index in [-0.39, 0.29) is 5.91 Å². The van der Waals surface area contributed by atoms with Crippen molar-refractivity contribution in [2.24, 2.45) is 0 Å². The summed E-state index contributed by atoms with van der Waals surface area (Å²) in [6, 6.07) is 7.19. The summed E-state index contributed by atoms with van der Waals surface area (Å²) in [5.41, 5.74) is 6.91. The highest BCUT2D eigenvalue weighted by atomic mass is 16.1. The van der Waals surface area contributed by atoms with E-state index in [1.165, 1.54) is 0 Å². The number of nitrogen functional groups attached to an aromatic ring is 1. The Hall–Kier alpha value is -1.77. The highest BCUT2D eigenvalue weighted by molar-refractivity contribution is 5.93. The average molecular weight is 190 g/mol. The molecule has 0 heterocycles. The molecule has 3 N–H and O–H groups in total. The maximum absolute atomic E-state index is 11.3. The minimum absolute atomic E-state index is 0.0391. The second-order valence-electron chi connectivity index (χ2n) is 2.96. The first-order valence-corrected chi connectivity index (χ1v) is 4.49. The van der Waals surface area contributed by atoms with Crippen LogP contribution in [0.25, 0.3) is 0 Å². The number of nitrogens with one attached hydrogen (secondary N) is 1. The van der Waals surface area contributed by atoms with E-state index in [1.54, 1.807) is 18.2 Å². The summed E-state index contributed by atoms with van der Waals surface area (Å²) in [4.78, 5) is 11.3. The molecule has 0 aliphatic carbocycles. The molecule has 1 rings (SSSR count). The predicted molar refractivity (Wildman–Crippen MR) is 58.9 cm³/mol. The molecule has 1 aromatic rings. The highest BCUT2D eigenvalue weighted by Gasteiger charge is 2.02. The third kappa shape index (κ3) is 2.94. The lowest BCUT2D eigenvalue weighted by molar-refractivity contribution is -0.116. The Morgan fingerprint density at radius 1 is 1.50 bits per heavy atom. The molecular weight excluding hydrogens is 176 g/mol. The van der Waals surface area contributed by atoms with Crippen LogP contribution in [0.2, 0.25) is 0 Å². The quantitative estimate of drug-likeness (QED) is 0.564. The number of amides is 1. The number of para-hydroxylation sites is 2. The molecule has 1 aromatic carbocycles. The zero-order valence-corrected chi connectivity index (χ0v) is 7.99. The predicted octanol–water partition coefficient (Wildman–Crippen LogP) is 2.17. The van der Waals surface area contributed by atoms with Gasteiger partial charge in [-0.3, -0.25) is 4.79 Å². The van der Waals surface area contributed by atoms with Crippen LogP contribution in [0.1, 0.15) is 12.8 Å². The molecule has 3 nitrogen and oxygen atoms in total. The summed E-state index contributed by atoms with van der Waals surface area (Å²) in [7, 11) is 0. The first-order chi connectivity index (χ1) is 6.74. The van der Waals surface area contributed by atoms with Crippen molar-refractivity contribution in [3.05, 3.63) is 36.9 Å².